The second-order valence-corrected chi connectivity index (χ2v) is 3.53. The number of nitrogens with zero attached hydrogens (tertiary/aromatic N) is 3. The number of carbonyl (C=O) groups excluding carboxylic acids is 1. The number of amides is 1. The molecule has 0 saturated heterocycles. The number of carbonyl (C=O) groups is 1. The molecule has 0 saturated carbocycles. The fraction of sp³-hybridized carbons (Fsp3) is 0.0769. The zero-order valence-corrected chi connectivity index (χ0v) is 9.71. The van der Waals surface area contributed by atoms with Crippen LogP contribution in [0.1, 0.15) is 10.6 Å². The van der Waals surface area contributed by atoms with Crippen molar-refractivity contribution >= 4 is 5.91 Å². The van der Waals surface area contributed by atoms with E-state index in [1.165, 1.54) is 6.20 Å². The summed E-state index contributed by atoms with van der Waals surface area (Å²) in [7, 11) is 0. The van der Waals surface area contributed by atoms with Crippen molar-refractivity contribution < 1.29 is 4.79 Å². The third kappa shape index (κ3) is 2.76. The van der Waals surface area contributed by atoms with Crippen LogP contribution in [0.4, 0.5) is 0 Å². The molecule has 2 rings (SSSR count). The fourth-order valence-electron chi connectivity index (χ4n) is 1.39. The Morgan fingerprint density at radius 1 is 1.33 bits per heavy atom. The molecule has 0 unspecified atom stereocenters. The van der Waals surface area contributed by atoms with Crippen LogP contribution < -0.4 is 5.32 Å². The monoisotopic (exact) mass is 240 g/mol. The molecule has 2 aromatic rings. The highest BCUT2D eigenvalue weighted by Crippen LogP contribution is 2.14. The van der Waals surface area contributed by atoms with Crippen molar-refractivity contribution in [2.45, 2.75) is 0 Å². The summed E-state index contributed by atoms with van der Waals surface area (Å²) < 4.78 is 0. The quantitative estimate of drug-likeness (QED) is 0.821. The first-order valence-electron chi connectivity index (χ1n) is 5.45. The molecule has 1 aromatic carbocycles. The molecular weight excluding hydrogens is 228 g/mol. The van der Waals surface area contributed by atoms with E-state index in [1.54, 1.807) is 6.08 Å². The average Bonchev–Trinajstić information content (AvgIpc) is 2.46. The minimum atomic E-state index is -0.361. The zero-order chi connectivity index (χ0) is 12.8. The third-order valence-electron chi connectivity index (χ3n) is 2.24. The maximum Gasteiger partial charge on any atom is 0.291 e. The lowest BCUT2D eigenvalue weighted by Crippen LogP contribution is -2.25. The Labute approximate surface area is 105 Å². The standard InChI is InChI=1S/C13H12N4O/c1-2-8-14-13(18)12-16-11(9-15-17-12)10-6-4-3-5-7-10/h2-7,9H,1,8H2,(H,14,18). The highest BCUT2D eigenvalue weighted by Gasteiger charge is 2.10. The average molecular weight is 240 g/mol. The van der Waals surface area contributed by atoms with Crippen molar-refractivity contribution in [3.05, 3.63) is 55.0 Å². The van der Waals surface area contributed by atoms with Crippen LogP contribution in [-0.4, -0.2) is 27.6 Å². The van der Waals surface area contributed by atoms with Crippen molar-refractivity contribution in [1.82, 2.24) is 20.5 Å². The predicted molar refractivity (Wildman–Crippen MR) is 67.8 cm³/mol. The van der Waals surface area contributed by atoms with Gasteiger partial charge in [-0.3, -0.25) is 4.79 Å². The molecule has 90 valence electrons. The number of benzene rings is 1. The molecule has 0 aliphatic carbocycles. The van der Waals surface area contributed by atoms with Crippen LogP contribution >= 0.6 is 0 Å². The summed E-state index contributed by atoms with van der Waals surface area (Å²) in [5.74, 6) is -0.307. The van der Waals surface area contributed by atoms with Gasteiger partial charge in [0.2, 0.25) is 5.82 Å². The lowest BCUT2D eigenvalue weighted by atomic mass is 10.2. The molecule has 5 heteroatoms. The number of nitrogens with one attached hydrogen (secondary N) is 1. The molecular formula is C13H12N4O. The first kappa shape index (κ1) is 11.9. The van der Waals surface area contributed by atoms with E-state index in [1.807, 2.05) is 30.3 Å². The van der Waals surface area contributed by atoms with Gasteiger partial charge in [0.15, 0.2) is 0 Å². The number of hydrogen-bond acceptors (Lipinski definition) is 4. The topological polar surface area (TPSA) is 67.8 Å². The summed E-state index contributed by atoms with van der Waals surface area (Å²) in [6.07, 6.45) is 3.12. The number of rotatable bonds is 4. The Morgan fingerprint density at radius 2 is 2.11 bits per heavy atom. The van der Waals surface area contributed by atoms with Crippen molar-refractivity contribution in [2.24, 2.45) is 0 Å². The molecule has 0 aliphatic rings. The predicted octanol–water partition coefficient (Wildman–Crippen LogP) is 1.45. The van der Waals surface area contributed by atoms with E-state index in [0.717, 1.165) is 5.56 Å². The first-order chi connectivity index (χ1) is 8.81. The maximum atomic E-state index is 11.7. The third-order valence-corrected chi connectivity index (χ3v) is 2.24. The van der Waals surface area contributed by atoms with E-state index in [0.29, 0.717) is 12.2 Å². The van der Waals surface area contributed by atoms with Gasteiger partial charge in [-0.2, -0.15) is 5.10 Å². The summed E-state index contributed by atoms with van der Waals surface area (Å²) in [6.45, 7) is 3.89. The molecule has 0 aliphatic heterocycles. The van der Waals surface area contributed by atoms with Gasteiger partial charge >= 0.3 is 0 Å². The van der Waals surface area contributed by atoms with Crippen LogP contribution in [0.5, 0.6) is 0 Å². The molecule has 0 radical (unpaired) electrons. The van der Waals surface area contributed by atoms with E-state index in [2.05, 4.69) is 27.1 Å². The van der Waals surface area contributed by atoms with Gasteiger partial charge < -0.3 is 5.32 Å². The van der Waals surface area contributed by atoms with Crippen molar-refractivity contribution in [2.75, 3.05) is 6.54 Å². The zero-order valence-electron chi connectivity index (χ0n) is 9.71. The Morgan fingerprint density at radius 3 is 2.83 bits per heavy atom. The highest BCUT2D eigenvalue weighted by molar-refractivity contribution is 5.90. The summed E-state index contributed by atoms with van der Waals surface area (Å²) in [6, 6.07) is 9.50. The van der Waals surface area contributed by atoms with Crippen molar-refractivity contribution in [1.29, 1.82) is 0 Å². The Balaban J connectivity index is 2.25. The van der Waals surface area contributed by atoms with Crippen molar-refractivity contribution in [3.63, 3.8) is 0 Å². The largest absolute Gasteiger partial charge is 0.346 e. The van der Waals surface area contributed by atoms with E-state index in [4.69, 9.17) is 0 Å². The fourth-order valence-corrected chi connectivity index (χ4v) is 1.39. The van der Waals surface area contributed by atoms with Crippen LogP contribution in [0.25, 0.3) is 11.3 Å². The van der Waals surface area contributed by atoms with Gasteiger partial charge in [0, 0.05) is 12.1 Å². The van der Waals surface area contributed by atoms with E-state index < -0.39 is 0 Å². The minimum Gasteiger partial charge on any atom is -0.346 e. The normalized spacial score (nSPS) is 9.78. The van der Waals surface area contributed by atoms with Crippen LogP contribution in [-0.2, 0) is 0 Å². The molecule has 0 fully saturated rings. The van der Waals surface area contributed by atoms with Crippen LogP contribution in [0, 0.1) is 0 Å². The summed E-state index contributed by atoms with van der Waals surface area (Å²) in [4.78, 5) is 15.8. The van der Waals surface area contributed by atoms with Gasteiger partial charge in [-0.05, 0) is 0 Å². The maximum absolute atomic E-state index is 11.7. The molecule has 1 heterocycles. The lowest BCUT2D eigenvalue weighted by molar-refractivity contribution is 0.0946. The van der Waals surface area contributed by atoms with Gasteiger partial charge in [0.25, 0.3) is 5.91 Å². The molecule has 1 amide bonds. The van der Waals surface area contributed by atoms with Crippen LogP contribution in [0.2, 0.25) is 0 Å². The SMILES string of the molecule is C=CCNC(=O)c1nncc(-c2ccccc2)n1. The molecule has 5 nitrogen and oxygen atoms in total. The molecule has 18 heavy (non-hydrogen) atoms. The molecule has 0 atom stereocenters. The van der Waals surface area contributed by atoms with Gasteiger partial charge in [-0.25, -0.2) is 4.98 Å². The number of hydrogen-bond donors (Lipinski definition) is 1. The Kier molecular flexibility index (Phi) is 3.76. The highest BCUT2D eigenvalue weighted by atomic mass is 16.2. The Bertz CT molecular complexity index is 554. The number of aromatic nitrogens is 3. The lowest BCUT2D eigenvalue weighted by Gasteiger charge is -2.02. The van der Waals surface area contributed by atoms with Crippen LogP contribution in [0.3, 0.4) is 0 Å². The van der Waals surface area contributed by atoms with Crippen molar-refractivity contribution in [3.8, 4) is 11.3 Å². The van der Waals surface area contributed by atoms with E-state index >= 15 is 0 Å². The Hall–Kier alpha value is -2.56. The molecule has 0 bridgehead atoms. The minimum absolute atomic E-state index is 0.0539. The molecule has 0 spiro atoms. The summed E-state index contributed by atoms with van der Waals surface area (Å²) in [5.41, 5.74) is 1.51. The van der Waals surface area contributed by atoms with Gasteiger partial charge in [0.1, 0.15) is 0 Å². The first-order valence-corrected chi connectivity index (χ1v) is 5.45. The summed E-state index contributed by atoms with van der Waals surface area (Å²) in [5, 5.41) is 10.1. The second kappa shape index (κ2) is 5.67. The van der Waals surface area contributed by atoms with E-state index in [-0.39, 0.29) is 11.7 Å². The van der Waals surface area contributed by atoms with E-state index in [9.17, 15) is 4.79 Å². The van der Waals surface area contributed by atoms with Gasteiger partial charge in [-0.15, -0.1) is 11.7 Å². The summed E-state index contributed by atoms with van der Waals surface area (Å²) >= 11 is 0. The molecule has 1 aromatic heterocycles. The smallest absolute Gasteiger partial charge is 0.291 e. The van der Waals surface area contributed by atoms with Gasteiger partial charge in [-0.1, -0.05) is 36.4 Å². The molecule has 1 N–H and O–H groups in total. The van der Waals surface area contributed by atoms with Gasteiger partial charge in [0.05, 0.1) is 11.9 Å². The second-order valence-electron chi connectivity index (χ2n) is 3.53. The van der Waals surface area contributed by atoms with Crippen LogP contribution in [0.15, 0.2) is 49.2 Å².